The van der Waals surface area contributed by atoms with Gasteiger partial charge in [0, 0.05) is 25.2 Å². The Hall–Kier alpha value is -2.38. The third kappa shape index (κ3) is 5.30. The first-order valence-electron chi connectivity index (χ1n) is 8.78. The lowest BCUT2D eigenvalue weighted by Gasteiger charge is -2.18. The Kier molecular flexibility index (Phi) is 6.98. The van der Waals surface area contributed by atoms with E-state index < -0.39 is 10.0 Å². The molecule has 1 N–H and O–H groups in total. The Balaban J connectivity index is 2.08. The fraction of sp³-hybridized carbons (Fsp3) is 0.350. The molecule has 0 aliphatic carbocycles. The van der Waals surface area contributed by atoms with Gasteiger partial charge in [-0.05, 0) is 55.3 Å². The van der Waals surface area contributed by atoms with Crippen molar-refractivity contribution < 1.29 is 17.9 Å². The van der Waals surface area contributed by atoms with Crippen molar-refractivity contribution in [3.05, 3.63) is 59.7 Å². The lowest BCUT2D eigenvalue weighted by atomic mass is 10.1. The van der Waals surface area contributed by atoms with Crippen molar-refractivity contribution in [3.8, 4) is 5.75 Å². The number of benzene rings is 2. The van der Waals surface area contributed by atoms with Gasteiger partial charge in [-0.1, -0.05) is 19.1 Å². The molecule has 0 aliphatic heterocycles. The summed E-state index contributed by atoms with van der Waals surface area (Å²) in [6, 6.07) is 13.3. The topological polar surface area (TPSA) is 75.7 Å². The summed E-state index contributed by atoms with van der Waals surface area (Å²) >= 11 is 0. The van der Waals surface area contributed by atoms with Crippen LogP contribution >= 0.6 is 0 Å². The number of rotatable bonds is 8. The Morgan fingerprint density at radius 1 is 1.11 bits per heavy atom. The molecule has 0 fully saturated rings. The maximum absolute atomic E-state index is 12.7. The van der Waals surface area contributed by atoms with Gasteiger partial charge in [0.25, 0.3) is 5.91 Å². The van der Waals surface area contributed by atoms with Crippen LogP contribution in [0.1, 0.15) is 36.2 Å². The standard InChI is InChI=1S/C20H26N2O4S/c1-5-15(2)21-20(23)17-8-6-16(7-9-17)14-22(3)27(24,25)19-12-10-18(26-4)11-13-19/h6-13,15H,5,14H2,1-4H3,(H,21,23)/t15-/m1/s1. The number of nitrogens with zero attached hydrogens (tertiary/aromatic N) is 1. The van der Waals surface area contributed by atoms with Gasteiger partial charge in [-0.2, -0.15) is 4.31 Å². The van der Waals surface area contributed by atoms with Crippen molar-refractivity contribution >= 4 is 15.9 Å². The van der Waals surface area contributed by atoms with E-state index in [2.05, 4.69) is 5.32 Å². The molecule has 0 unspecified atom stereocenters. The maximum Gasteiger partial charge on any atom is 0.251 e. The number of amides is 1. The van der Waals surface area contributed by atoms with Gasteiger partial charge < -0.3 is 10.1 Å². The average Bonchev–Trinajstić information content (AvgIpc) is 2.68. The van der Waals surface area contributed by atoms with Gasteiger partial charge in [-0.25, -0.2) is 8.42 Å². The zero-order chi connectivity index (χ0) is 20.0. The van der Waals surface area contributed by atoms with Crippen molar-refractivity contribution in [2.45, 2.75) is 37.8 Å². The highest BCUT2D eigenvalue weighted by molar-refractivity contribution is 7.89. The van der Waals surface area contributed by atoms with Crippen LogP contribution in [0.4, 0.5) is 0 Å². The summed E-state index contributed by atoms with van der Waals surface area (Å²) in [5, 5.41) is 2.91. The van der Waals surface area contributed by atoms with Crippen LogP contribution in [0.5, 0.6) is 5.75 Å². The van der Waals surface area contributed by atoms with E-state index in [1.165, 1.54) is 30.6 Å². The summed E-state index contributed by atoms with van der Waals surface area (Å²) in [6.45, 7) is 4.17. The molecule has 1 atom stereocenters. The summed E-state index contributed by atoms with van der Waals surface area (Å²) in [5.74, 6) is 0.470. The van der Waals surface area contributed by atoms with Crippen molar-refractivity contribution in [1.82, 2.24) is 9.62 Å². The van der Waals surface area contributed by atoms with Crippen molar-refractivity contribution in [2.24, 2.45) is 0 Å². The second kappa shape index (κ2) is 9.01. The minimum atomic E-state index is -3.61. The molecule has 2 aromatic carbocycles. The van der Waals surface area contributed by atoms with E-state index >= 15 is 0 Å². The average molecular weight is 391 g/mol. The van der Waals surface area contributed by atoms with Crippen LogP contribution in [-0.2, 0) is 16.6 Å². The summed E-state index contributed by atoms with van der Waals surface area (Å²) in [6.07, 6.45) is 0.859. The second-order valence-corrected chi connectivity index (χ2v) is 8.46. The van der Waals surface area contributed by atoms with Crippen LogP contribution < -0.4 is 10.1 Å². The molecule has 2 rings (SSSR count). The van der Waals surface area contributed by atoms with Crippen LogP contribution in [-0.4, -0.2) is 38.8 Å². The molecule has 0 heterocycles. The van der Waals surface area contributed by atoms with E-state index in [4.69, 9.17) is 4.74 Å². The number of carbonyl (C=O) groups is 1. The number of nitrogens with one attached hydrogen (secondary N) is 1. The molecule has 0 spiro atoms. The van der Waals surface area contributed by atoms with Crippen LogP contribution in [0.15, 0.2) is 53.4 Å². The number of sulfonamides is 1. The Bertz CT molecular complexity index is 862. The van der Waals surface area contributed by atoms with E-state index in [1.54, 1.807) is 36.4 Å². The fourth-order valence-electron chi connectivity index (χ4n) is 2.44. The van der Waals surface area contributed by atoms with Gasteiger partial charge in [0.2, 0.25) is 10.0 Å². The summed E-state index contributed by atoms with van der Waals surface area (Å²) in [5.41, 5.74) is 1.36. The van der Waals surface area contributed by atoms with Crippen LogP contribution in [0.2, 0.25) is 0 Å². The molecule has 7 heteroatoms. The lowest BCUT2D eigenvalue weighted by Crippen LogP contribution is -2.31. The molecule has 0 aliphatic rings. The van der Waals surface area contributed by atoms with Gasteiger partial charge >= 0.3 is 0 Å². The molecule has 146 valence electrons. The zero-order valence-corrected chi connectivity index (χ0v) is 16.9. The van der Waals surface area contributed by atoms with Gasteiger partial charge in [0.05, 0.1) is 12.0 Å². The molecular formula is C20H26N2O4S. The Morgan fingerprint density at radius 2 is 1.70 bits per heavy atom. The quantitative estimate of drug-likeness (QED) is 0.752. The minimum Gasteiger partial charge on any atom is -0.497 e. The second-order valence-electron chi connectivity index (χ2n) is 6.42. The third-order valence-corrected chi connectivity index (χ3v) is 6.20. The predicted octanol–water partition coefficient (Wildman–Crippen LogP) is 3.04. The molecule has 0 radical (unpaired) electrons. The predicted molar refractivity (Wildman–Crippen MR) is 105 cm³/mol. The highest BCUT2D eigenvalue weighted by Crippen LogP contribution is 2.20. The molecule has 0 bridgehead atoms. The van der Waals surface area contributed by atoms with E-state index in [-0.39, 0.29) is 23.4 Å². The SMILES string of the molecule is CC[C@@H](C)NC(=O)c1ccc(CN(C)S(=O)(=O)c2ccc(OC)cc2)cc1. The first-order chi connectivity index (χ1) is 12.8. The Labute approximate surface area is 161 Å². The van der Waals surface area contributed by atoms with Crippen molar-refractivity contribution in [2.75, 3.05) is 14.2 Å². The number of ether oxygens (including phenoxy) is 1. The van der Waals surface area contributed by atoms with E-state index in [0.29, 0.717) is 11.3 Å². The number of hydrogen-bond acceptors (Lipinski definition) is 4. The van der Waals surface area contributed by atoms with E-state index in [9.17, 15) is 13.2 Å². The fourth-order valence-corrected chi connectivity index (χ4v) is 3.60. The van der Waals surface area contributed by atoms with Crippen LogP contribution in [0.25, 0.3) is 0 Å². The van der Waals surface area contributed by atoms with Gasteiger partial charge in [-0.15, -0.1) is 0 Å². The molecule has 0 aromatic heterocycles. The maximum atomic E-state index is 12.7. The van der Waals surface area contributed by atoms with Crippen molar-refractivity contribution in [1.29, 1.82) is 0 Å². The zero-order valence-electron chi connectivity index (χ0n) is 16.1. The summed E-state index contributed by atoms with van der Waals surface area (Å²) in [4.78, 5) is 12.3. The monoisotopic (exact) mass is 390 g/mol. The number of hydrogen-bond donors (Lipinski definition) is 1. The van der Waals surface area contributed by atoms with Crippen molar-refractivity contribution in [3.63, 3.8) is 0 Å². The molecule has 27 heavy (non-hydrogen) atoms. The molecule has 0 saturated carbocycles. The highest BCUT2D eigenvalue weighted by Gasteiger charge is 2.21. The first kappa shape index (κ1) is 20.9. The summed E-state index contributed by atoms with van der Waals surface area (Å²) < 4.78 is 31.7. The molecular weight excluding hydrogens is 364 g/mol. The van der Waals surface area contributed by atoms with E-state index in [1.807, 2.05) is 13.8 Å². The van der Waals surface area contributed by atoms with Gasteiger partial charge in [0.15, 0.2) is 0 Å². The lowest BCUT2D eigenvalue weighted by molar-refractivity contribution is 0.0939. The number of carbonyl (C=O) groups excluding carboxylic acids is 1. The largest absolute Gasteiger partial charge is 0.497 e. The minimum absolute atomic E-state index is 0.109. The highest BCUT2D eigenvalue weighted by atomic mass is 32.2. The van der Waals surface area contributed by atoms with Crippen LogP contribution in [0, 0.1) is 0 Å². The van der Waals surface area contributed by atoms with Crippen LogP contribution in [0.3, 0.4) is 0 Å². The molecule has 6 nitrogen and oxygen atoms in total. The van der Waals surface area contributed by atoms with Gasteiger partial charge in [-0.3, -0.25) is 4.79 Å². The molecule has 2 aromatic rings. The summed E-state index contributed by atoms with van der Waals surface area (Å²) in [7, 11) is -0.548. The van der Waals surface area contributed by atoms with E-state index in [0.717, 1.165) is 12.0 Å². The first-order valence-corrected chi connectivity index (χ1v) is 10.2. The smallest absolute Gasteiger partial charge is 0.251 e. The van der Waals surface area contributed by atoms with Gasteiger partial charge in [0.1, 0.15) is 5.75 Å². The number of methoxy groups -OCH3 is 1. The molecule has 1 amide bonds. The molecule has 0 saturated heterocycles. The third-order valence-electron chi connectivity index (χ3n) is 4.38. The Morgan fingerprint density at radius 3 is 2.22 bits per heavy atom. The normalized spacial score (nSPS) is 12.6.